The maximum Gasteiger partial charge on any atom is 0.338 e. The third-order valence-corrected chi connectivity index (χ3v) is 2.70. The van der Waals surface area contributed by atoms with Gasteiger partial charge in [0.05, 0.1) is 12.1 Å². The summed E-state index contributed by atoms with van der Waals surface area (Å²) in [5, 5.41) is 22.6. The first kappa shape index (κ1) is 9.26. The molecule has 4 atom stereocenters. The third kappa shape index (κ3) is 1.14. The number of fused-ring (bicyclic) bond motifs is 2. The first-order valence-corrected chi connectivity index (χ1v) is 4.22. The molecular formula is C7H9N3O4. The van der Waals surface area contributed by atoms with Crippen molar-refractivity contribution in [3.8, 4) is 0 Å². The van der Waals surface area contributed by atoms with Gasteiger partial charge in [-0.25, -0.2) is 4.79 Å². The largest absolute Gasteiger partial charge is 0.457 e. The first-order chi connectivity index (χ1) is 6.57. The van der Waals surface area contributed by atoms with E-state index in [2.05, 4.69) is 10.0 Å². The predicted molar refractivity (Wildman–Crippen MR) is 43.0 cm³/mol. The summed E-state index contributed by atoms with van der Waals surface area (Å²) in [6.45, 7) is 0. The van der Waals surface area contributed by atoms with Gasteiger partial charge in [-0.1, -0.05) is 5.11 Å². The highest BCUT2D eigenvalue weighted by molar-refractivity contribution is 5.82. The second-order valence-electron chi connectivity index (χ2n) is 3.65. The zero-order valence-corrected chi connectivity index (χ0v) is 7.20. The van der Waals surface area contributed by atoms with Crippen molar-refractivity contribution >= 4 is 5.97 Å². The molecule has 7 heteroatoms. The van der Waals surface area contributed by atoms with Crippen molar-refractivity contribution in [2.75, 3.05) is 0 Å². The number of ether oxygens (including phenoxy) is 1. The second-order valence-corrected chi connectivity index (χ2v) is 3.65. The Bertz CT molecular complexity index is 327. The summed E-state index contributed by atoms with van der Waals surface area (Å²) in [6.07, 6.45) is -1.77. The number of rotatable bonds is 1. The first-order valence-electron chi connectivity index (χ1n) is 4.22. The van der Waals surface area contributed by atoms with Gasteiger partial charge in [0.15, 0.2) is 5.60 Å². The van der Waals surface area contributed by atoms with Crippen LogP contribution in [0.25, 0.3) is 10.4 Å². The van der Waals surface area contributed by atoms with Crippen LogP contribution in [-0.4, -0.2) is 40.0 Å². The molecular weight excluding hydrogens is 190 g/mol. The van der Waals surface area contributed by atoms with E-state index in [9.17, 15) is 15.0 Å². The highest BCUT2D eigenvalue weighted by Crippen LogP contribution is 2.39. The van der Waals surface area contributed by atoms with E-state index in [0.29, 0.717) is 0 Å². The van der Waals surface area contributed by atoms with Gasteiger partial charge in [-0.3, -0.25) is 0 Å². The van der Waals surface area contributed by atoms with Crippen LogP contribution >= 0.6 is 0 Å². The van der Waals surface area contributed by atoms with Gasteiger partial charge >= 0.3 is 5.97 Å². The molecule has 0 aromatic carbocycles. The van der Waals surface area contributed by atoms with E-state index in [-0.39, 0.29) is 12.8 Å². The van der Waals surface area contributed by atoms with Gasteiger partial charge < -0.3 is 14.9 Å². The Hall–Kier alpha value is -1.30. The van der Waals surface area contributed by atoms with Crippen molar-refractivity contribution in [1.82, 2.24) is 0 Å². The third-order valence-electron chi connectivity index (χ3n) is 2.70. The zero-order valence-electron chi connectivity index (χ0n) is 7.20. The molecule has 1 unspecified atom stereocenters. The second kappa shape index (κ2) is 2.84. The molecule has 0 spiro atoms. The fourth-order valence-electron chi connectivity index (χ4n) is 1.95. The summed E-state index contributed by atoms with van der Waals surface area (Å²) in [4.78, 5) is 13.7. The Morgan fingerprint density at radius 1 is 1.64 bits per heavy atom. The fourth-order valence-corrected chi connectivity index (χ4v) is 1.95. The van der Waals surface area contributed by atoms with Crippen molar-refractivity contribution in [3.05, 3.63) is 10.4 Å². The van der Waals surface area contributed by atoms with E-state index in [1.165, 1.54) is 0 Å². The molecule has 76 valence electrons. The fraction of sp³-hybridized carbons (Fsp3) is 0.857. The molecule has 1 heterocycles. The van der Waals surface area contributed by atoms with E-state index in [1.54, 1.807) is 0 Å². The molecule has 1 aliphatic heterocycles. The van der Waals surface area contributed by atoms with Crippen molar-refractivity contribution < 1.29 is 19.7 Å². The highest BCUT2D eigenvalue weighted by Gasteiger charge is 2.57. The van der Waals surface area contributed by atoms with Gasteiger partial charge in [-0.05, 0) is 12.0 Å². The molecule has 2 aliphatic rings. The summed E-state index contributed by atoms with van der Waals surface area (Å²) in [5.74, 6) is -0.739. The quantitative estimate of drug-likeness (QED) is 0.255. The summed E-state index contributed by atoms with van der Waals surface area (Å²) < 4.78 is 4.75. The Labute approximate surface area is 78.9 Å². The molecule has 1 aliphatic carbocycles. The lowest BCUT2D eigenvalue weighted by Crippen LogP contribution is -2.47. The van der Waals surface area contributed by atoms with E-state index >= 15 is 0 Å². The zero-order chi connectivity index (χ0) is 10.3. The van der Waals surface area contributed by atoms with Crippen LogP contribution in [0.5, 0.6) is 0 Å². The molecule has 1 saturated carbocycles. The van der Waals surface area contributed by atoms with Gasteiger partial charge in [0, 0.05) is 11.3 Å². The van der Waals surface area contributed by atoms with E-state index < -0.39 is 29.8 Å². The van der Waals surface area contributed by atoms with Crippen LogP contribution in [0.3, 0.4) is 0 Å². The minimum Gasteiger partial charge on any atom is -0.457 e. The molecule has 14 heavy (non-hydrogen) atoms. The van der Waals surface area contributed by atoms with Gasteiger partial charge in [0.25, 0.3) is 0 Å². The number of carbonyl (C=O) groups excluding carboxylic acids is 1. The summed E-state index contributed by atoms with van der Waals surface area (Å²) in [6, 6.07) is -0.796. The Kier molecular flexibility index (Phi) is 1.88. The van der Waals surface area contributed by atoms with Gasteiger partial charge in [0.2, 0.25) is 0 Å². The number of azide groups is 1. The lowest BCUT2D eigenvalue weighted by molar-refractivity contribution is -0.154. The number of hydrogen-bond acceptors (Lipinski definition) is 5. The van der Waals surface area contributed by atoms with Crippen LogP contribution in [-0.2, 0) is 9.53 Å². The van der Waals surface area contributed by atoms with Crippen LogP contribution in [0.4, 0.5) is 0 Å². The number of nitrogens with zero attached hydrogens (tertiary/aromatic N) is 3. The average Bonchev–Trinajstić information content (AvgIpc) is 2.37. The summed E-state index contributed by atoms with van der Waals surface area (Å²) >= 11 is 0. The van der Waals surface area contributed by atoms with Gasteiger partial charge in [0.1, 0.15) is 6.10 Å². The minimum atomic E-state index is -1.58. The normalized spacial score (nSPS) is 45.6. The molecule has 2 bridgehead atoms. The Morgan fingerprint density at radius 3 is 3.00 bits per heavy atom. The van der Waals surface area contributed by atoms with Crippen LogP contribution in [0.15, 0.2) is 5.11 Å². The van der Waals surface area contributed by atoms with Crippen LogP contribution < -0.4 is 0 Å². The van der Waals surface area contributed by atoms with Crippen molar-refractivity contribution in [3.63, 3.8) is 0 Å². The molecule has 2 N–H and O–H groups in total. The van der Waals surface area contributed by atoms with E-state index in [1.807, 2.05) is 0 Å². The number of esters is 1. The lowest BCUT2D eigenvalue weighted by atomic mass is 9.81. The molecule has 0 amide bonds. The van der Waals surface area contributed by atoms with Gasteiger partial charge in [-0.2, -0.15) is 0 Å². The summed E-state index contributed by atoms with van der Waals surface area (Å²) in [5.41, 5.74) is 6.64. The maximum atomic E-state index is 11.2. The molecule has 7 nitrogen and oxygen atoms in total. The number of hydrogen-bond donors (Lipinski definition) is 2. The standard InChI is InChI=1S/C7H9N3O4/c8-10-9-3-1-7(13)2-4(5(3)11)14-6(7)12/h3-5,11,13H,1-2H2/t3-,4?,5-,7+/m1/s1. The van der Waals surface area contributed by atoms with Gasteiger partial charge in [-0.15, -0.1) is 0 Å². The molecule has 0 aromatic rings. The Morgan fingerprint density at radius 2 is 2.36 bits per heavy atom. The molecule has 2 fully saturated rings. The van der Waals surface area contributed by atoms with Crippen LogP contribution in [0.1, 0.15) is 12.8 Å². The number of carbonyl (C=O) groups is 1. The van der Waals surface area contributed by atoms with Crippen molar-refractivity contribution in [2.45, 2.75) is 36.7 Å². The van der Waals surface area contributed by atoms with Crippen molar-refractivity contribution in [1.29, 1.82) is 0 Å². The Balaban J connectivity index is 2.28. The minimum absolute atomic E-state index is 0.0739. The van der Waals surface area contributed by atoms with Crippen LogP contribution in [0.2, 0.25) is 0 Å². The monoisotopic (exact) mass is 199 g/mol. The number of aliphatic hydroxyl groups excluding tert-OH is 1. The van der Waals surface area contributed by atoms with E-state index in [0.717, 1.165) is 0 Å². The maximum absolute atomic E-state index is 11.2. The molecule has 0 aromatic heterocycles. The average molecular weight is 199 g/mol. The highest BCUT2D eigenvalue weighted by atomic mass is 16.6. The SMILES string of the molecule is [N-]=[N+]=N[C@@H]1C[C@]2(O)CC(OC2=O)[C@@H]1O. The summed E-state index contributed by atoms with van der Waals surface area (Å²) in [7, 11) is 0. The molecule has 1 saturated heterocycles. The molecule has 2 rings (SSSR count). The van der Waals surface area contributed by atoms with Crippen LogP contribution in [0, 0.1) is 0 Å². The topological polar surface area (TPSA) is 116 Å². The molecule has 0 radical (unpaired) electrons. The predicted octanol–water partition coefficient (Wildman–Crippen LogP) is -0.524. The van der Waals surface area contributed by atoms with E-state index in [4.69, 9.17) is 10.3 Å². The van der Waals surface area contributed by atoms with Crippen molar-refractivity contribution in [2.24, 2.45) is 5.11 Å². The lowest BCUT2D eigenvalue weighted by Gasteiger charge is -2.30. The number of aliphatic hydroxyl groups is 2. The smallest absolute Gasteiger partial charge is 0.338 e.